The largest absolute Gasteiger partial charge is 0.509 e. The number of nitrogens with zero attached hydrogens (tertiary/aromatic N) is 3. The number of carbonyl (C=O) groups is 2. The van der Waals surface area contributed by atoms with Crippen molar-refractivity contribution in [3.63, 3.8) is 0 Å². The number of hydrogen-bond acceptors (Lipinski definition) is 8. The number of methoxy groups -OCH3 is 1. The topological polar surface area (TPSA) is 115 Å². The summed E-state index contributed by atoms with van der Waals surface area (Å²) in [6.07, 6.45) is -6.62. The summed E-state index contributed by atoms with van der Waals surface area (Å²) in [4.78, 5) is 30.9. The minimum Gasteiger partial charge on any atom is -0.438 e. The summed E-state index contributed by atoms with van der Waals surface area (Å²) in [5, 5.41) is 2.57. The van der Waals surface area contributed by atoms with E-state index in [2.05, 4.69) is 9.89 Å². The highest BCUT2D eigenvalue weighted by Gasteiger charge is 2.65. The molecule has 1 amide bonds. The number of benzene rings is 1. The number of amides is 1. The summed E-state index contributed by atoms with van der Waals surface area (Å²) in [6, 6.07) is 2.94. The molecule has 0 bridgehead atoms. The summed E-state index contributed by atoms with van der Waals surface area (Å²) in [6.45, 7) is -0.272. The van der Waals surface area contributed by atoms with E-state index < -0.39 is 100 Å². The lowest BCUT2D eigenvalue weighted by Gasteiger charge is -2.43. The Kier molecular flexibility index (Phi) is 9.55. The number of oxime groups is 1. The second-order valence-electron chi connectivity index (χ2n) is 10.0. The highest BCUT2D eigenvalue weighted by Crippen LogP contribution is 2.51. The van der Waals surface area contributed by atoms with Gasteiger partial charge in [0.1, 0.15) is 0 Å². The first kappa shape index (κ1) is 33.9. The number of rotatable bonds is 8. The quantitative estimate of drug-likeness (QED) is 0.203. The molecule has 2 aliphatic heterocycles. The second-order valence-corrected chi connectivity index (χ2v) is 12.8. The predicted molar refractivity (Wildman–Crippen MR) is 143 cm³/mol. The van der Waals surface area contributed by atoms with Gasteiger partial charge < -0.3 is 14.3 Å². The van der Waals surface area contributed by atoms with Crippen LogP contribution in [-0.4, -0.2) is 85.9 Å². The van der Waals surface area contributed by atoms with Crippen LogP contribution in [0.5, 0.6) is 0 Å². The van der Waals surface area contributed by atoms with Crippen molar-refractivity contribution in [2.75, 3.05) is 26.9 Å². The Morgan fingerprint density at radius 3 is 2.45 bits per heavy atom. The van der Waals surface area contributed by atoms with Gasteiger partial charge in [0.25, 0.3) is 15.9 Å². The van der Waals surface area contributed by atoms with Gasteiger partial charge in [-0.05, 0) is 36.6 Å². The fraction of sp³-hybridized carbons (Fsp3) is 0.480. The third-order valence-corrected chi connectivity index (χ3v) is 9.50. The van der Waals surface area contributed by atoms with Crippen LogP contribution in [0.1, 0.15) is 34.3 Å². The minimum absolute atomic E-state index is 0.0200. The van der Waals surface area contributed by atoms with E-state index in [9.17, 15) is 44.3 Å². The van der Waals surface area contributed by atoms with Gasteiger partial charge in [-0.1, -0.05) is 40.5 Å². The lowest BCUT2D eigenvalue weighted by molar-refractivity contribution is -0.282. The molecule has 1 aromatic carbocycles. The zero-order chi connectivity index (χ0) is 32.8. The monoisotopic (exact) mass is 693 g/mol. The van der Waals surface area contributed by atoms with Crippen LogP contribution in [0, 0.1) is 12.8 Å². The minimum atomic E-state index is -4.99. The van der Waals surface area contributed by atoms with Crippen LogP contribution in [0.15, 0.2) is 45.3 Å². The SMILES string of the molecule is COC(=O)OCN(C(=O)c1ccc(C2=NO[C@@](C3C=C(Cl)C(F)=C(Cl)C3)(C(F)(F)F)C2)cc1C)C1CN(S(=O)(=O)C(F)F)C1. The Labute approximate surface area is 256 Å². The van der Waals surface area contributed by atoms with Gasteiger partial charge in [0.15, 0.2) is 12.6 Å². The van der Waals surface area contributed by atoms with Gasteiger partial charge in [0.05, 0.1) is 28.9 Å². The van der Waals surface area contributed by atoms with Crippen molar-refractivity contribution in [2.45, 2.75) is 43.3 Å². The normalized spacial score (nSPS) is 23.1. The Balaban J connectivity index is 1.56. The molecule has 1 saturated heterocycles. The Hall–Kier alpha value is -3.02. The van der Waals surface area contributed by atoms with Gasteiger partial charge in [-0.2, -0.15) is 26.3 Å². The number of carbonyl (C=O) groups excluding carboxylic acids is 2. The molecule has 2 atom stereocenters. The molecule has 1 fully saturated rings. The van der Waals surface area contributed by atoms with Crippen LogP contribution < -0.4 is 0 Å². The van der Waals surface area contributed by atoms with Gasteiger partial charge in [-0.3, -0.25) is 9.69 Å². The highest BCUT2D eigenvalue weighted by molar-refractivity contribution is 7.89. The third-order valence-electron chi connectivity index (χ3n) is 7.42. The molecule has 0 aromatic heterocycles. The molecule has 4 rings (SSSR count). The number of allylic oxidation sites excluding steroid dienone is 3. The lowest BCUT2D eigenvalue weighted by atomic mass is 9.78. The molecule has 19 heteroatoms. The second kappa shape index (κ2) is 12.4. The van der Waals surface area contributed by atoms with Crippen molar-refractivity contribution < 1.29 is 58.7 Å². The number of ether oxygens (including phenoxy) is 2. The predicted octanol–water partition coefficient (Wildman–Crippen LogP) is 5.40. The van der Waals surface area contributed by atoms with Crippen molar-refractivity contribution in [1.82, 2.24) is 9.21 Å². The molecule has 0 radical (unpaired) electrons. The summed E-state index contributed by atoms with van der Waals surface area (Å²) in [7, 11) is -3.90. The Bertz CT molecular complexity index is 1550. The number of halogens is 8. The first-order valence-corrected chi connectivity index (χ1v) is 14.8. The zero-order valence-corrected chi connectivity index (χ0v) is 25.0. The molecule has 2 heterocycles. The molecule has 3 aliphatic rings. The average molecular weight is 694 g/mol. The van der Waals surface area contributed by atoms with E-state index in [0.29, 0.717) is 4.31 Å². The van der Waals surface area contributed by atoms with Gasteiger partial charge in [0.2, 0.25) is 5.60 Å². The summed E-state index contributed by atoms with van der Waals surface area (Å²) in [5.41, 5.74) is -2.69. The van der Waals surface area contributed by atoms with Gasteiger partial charge >= 0.3 is 18.1 Å². The molecular formula is C25H23Cl2F6N3O7S. The zero-order valence-electron chi connectivity index (χ0n) is 22.7. The van der Waals surface area contributed by atoms with Crippen LogP contribution >= 0.6 is 23.2 Å². The van der Waals surface area contributed by atoms with E-state index in [0.717, 1.165) is 18.1 Å². The molecular weight excluding hydrogens is 671 g/mol. The van der Waals surface area contributed by atoms with E-state index >= 15 is 0 Å². The molecule has 1 aromatic rings. The Morgan fingerprint density at radius 2 is 1.91 bits per heavy atom. The van der Waals surface area contributed by atoms with E-state index in [4.69, 9.17) is 32.8 Å². The first-order chi connectivity index (χ1) is 20.4. The maximum atomic E-state index is 14.4. The molecule has 1 unspecified atom stereocenters. The Morgan fingerprint density at radius 1 is 1.25 bits per heavy atom. The van der Waals surface area contributed by atoms with Crippen LogP contribution in [0.3, 0.4) is 0 Å². The van der Waals surface area contributed by atoms with E-state index in [1.807, 2.05) is 0 Å². The van der Waals surface area contributed by atoms with Gasteiger partial charge in [-0.25, -0.2) is 17.6 Å². The summed E-state index contributed by atoms with van der Waals surface area (Å²) >= 11 is 11.6. The van der Waals surface area contributed by atoms with Crippen molar-refractivity contribution in [2.24, 2.45) is 11.1 Å². The number of hydrogen-bond donors (Lipinski definition) is 0. The maximum absolute atomic E-state index is 14.4. The molecule has 0 spiro atoms. The van der Waals surface area contributed by atoms with E-state index in [-0.39, 0.29) is 22.4 Å². The molecule has 0 saturated carbocycles. The lowest BCUT2D eigenvalue weighted by Crippen LogP contribution is -2.63. The van der Waals surface area contributed by atoms with Crippen molar-refractivity contribution in [1.29, 1.82) is 0 Å². The fourth-order valence-electron chi connectivity index (χ4n) is 4.87. The van der Waals surface area contributed by atoms with Gasteiger partial charge in [-0.15, -0.1) is 0 Å². The van der Waals surface area contributed by atoms with Crippen LogP contribution in [0.2, 0.25) is 0 Å². The van der Waals surface area contributed by atoms with Crippen LogP contribution in [-0.2, 0) is 24.3 Å². The highest BCUT2D eigenvalue weighted by atomic mass is 35.5. The van der Waals surface area contributed by atoms with Gasteiger partial charge in [0, 0.05) is 31.0 Å². The van der Waals surface area contributed by atoms with Crippen LogP contribution in [0.4, 0.5) is 31.1 Å². The van der Waals surface area contributed by atoms with E-state index in [1.54, 1.807) is 0 Å². The van der Waals surface area contributed by atoms with Crippen molar-refractivity contribution in [3.05, 3.63) is 56.9 Å². The molecule has 0 N–H and O–H groups in total. The standard InChI is InChI=1S/C25H23Cl2F6N3O7S/c1-12-5-13(19-8-24(43-34-19,25(31,32)33)14-6-17(26)20(28)18(27)7-14)3-4-16(12)21(37)36(11-42-23(38)41-2)15-9-35(10-15)44(39,40)22(29)30/h3-6,14-15,22H,7-11H2,1-2H3/t14?,24-/m0/s1. The molecule has 242 valence electrons. The molecule has 10 nitrogen and oxygen atoms in total. The first-order valence-electron chi connectivity index (χ1n) is 12.6. The molecule has 44 heavy (non-hydrogen) atoms. The summed E-state index contributed by atoms with van der Waals surface area (Å²) in [5.74, 6) is -7.01. The number of sulfonamides is 1. The maximum Gasteiger partial charge on any atom is 0.509 e. The molecule has 1 aliphatic carbocycles. The smallest absolute Gasteiger partial charge is 0.438 e. The third kappa shape index (κ3) is 6.23. The van der Waals surface area contributed by atoms with Crippen LogP contribution in [0.25, 0.3) is 0 Å². The average Bonchev–Trinajstić information content (AvgIpc) is 3.39. The summed E-state index contributed by atoms with van der Waals surface area (Å²) < 4.78 is 116. The van der Waals surface area contributed by atoms with Crippen molar-refractivity contribution >= 4 is 51.0 Å². The van der Waals surface area contributed by atoms with Crippen molar-refractivity contribution in [3.8, 4) is 0 Å². The fourth-order valence-corrected chi connectivity index (χ4v) is 6.44. The number of alkyl halides is 5. The van der Waals surface area contributed by atoms with E-state index in [1.165, 1.54) is 25.1 Å². The number of aryl methyl sites for hydroxylation is 1.